The number of hydrogen-bond acceptors (Lipinski definition) is 5. The van der Waals surface area contributed by atoms with Gasteiger partial charge in [-0.3, -0.25) is 9.78 Å². The highest BCUT2D eigenvalue weighted by Gasteiger charge is 2.35. The van der Waals surface area contributed by atoms with Gasteiger partial charge in [0.25, 0.3) is 0 Å². The first kappa shape index (κ1) is 19.4. The van der Waals surface area contributed by atoms with Crippen molar-refractivity contribution in [2.24, 2.45) is 5.92 Å². The summed E-state index contributed by atoms with van der Waals surface area (Å²) in [5.74, 6) is -1.37. The molecule has 0 unspecified atom stereocenters. The maximum Gasteiger partial charge on any atom is 0.310 e. The van der Waals surface area contributed by atoms with Crippen molar-refractivity contribution in [1.29, 1.82) is 0 Å². The van der Waals surface area contributed by atoms with E-state index in [1.54, 1.807) is 29.7 Å². The lowest BCUT2D eigenvalue weighted by Gasteiger charge is -2.36. The zero-order valence-electron chi connectivity index (χ0n) is 16.4. The van der Waals surface area contributed by atoms with Gasteiger partial charge in [0.1, 0.15) is 5.82 Å². The molecular weight excluding hydrogens is 413 g/mol. The summed E-state index contributed by atoms with van der Waals surface area (Å²) in [6.07, 6.45) is 3.54. The van der Waals surface area contributed by atoms with Crippen LogP contribution in [-0.4, -0.2) is 34.1 Å². The zero-order valence-corrected chi connectivity index (χ0v) is 17.2. The Labute approximate surface area is 182 Å². The highest BCUT2D eigenvalue weighted by Crippen LogP contribution is 2.42. The van der Waals surface area contributed by atoms with E-state index in [1.165, 1.54) is 12.1 Å². The van der Waals surface area contributed by atoms with Crippen molar-refractivity contribution in [1.82, 2.24) is 9.97 Å². The Bertz CT molecular complexity index is 1220. The van der Waals surface area contributed by atoms with Crippen LogP contribution in [0.3, 0.4) is 0 Å². The van der Waals surface area contributed by atoms with Gasteiger partial charge in [-0.15, -0.1) is 0 Å². The number of thiazole rings is 1. The number of aromatic nitrogens is 2. The monoisotopic (exact) mass is 431 g/mol. The van der Waals surface area contributed by atoms with Gasteiger partial charge in [-0.2, -0.15) is 0 Å². The van der Waals surface area contributed by atoms with Crippen molar-refractivity contribution < 1.29 is 14.3 Å². The summed E-state index contributed by atoms with van der Waals surface area (Å²) in [4.78, 5) is 23.3. The number of aliphatic carboxylic acids is 1. The molecule has 1 aliphatic rings. The average molecular weight is 431 g/mol. The quantitative estimate of drug-likeness (QED) is 0.471. The van der Waals surface area contributed by atoms with Crippen LogP contribution in [0.2, 0.25) is 0 Å². The molecule has 1 aliphatic heterocycles. The molecule has 2 aromatic carbocycles. The van der Waals surface area contributed by atoms with Gasteiger partial charge in [-0.1, -0.05) is 53.8 Å². The minimum Gasteiger partial charge on any atom is -0.481 e. The van der Waals surface area contributed by atoms with Crippen molar-refractivity contribution in [3.63, 3.8) is 0 Å². The summed E-state index contributed by atoms with van der Waals surface area (Å²) >= 11 is 1.55. The molecule has 0 atom stereocenters. The molecule has 0 spiro atoms. The van der Waals surface area contributed by atoms with Crippen LogP contribution in [0.5, 0.6) is 0 Å². The maximum absolute atomic E-state index is 13.2. The molecule has 0 radical (unpaired) electrons. The Hall–Kier alpha value is -3.58. The first-order valence-corrected chi connectivity index (χ1v) is 10.7. The SMILES string of the molecule is O=C(O)C1CN(c2nc(-c3ccc(-c4ccc(F)cc4)cc3)c(-c3cccnc3)s2)C1. The predicted octanol–water partition coefficient (Wildman–Crippen LogP) is 5.20. The van der Waals surface area contributed by atoms with Gasteiger partial charge in [-0.25, -0.2) is 9.37 Å². The summed E-state index contributed by atoms with van der Waals surface area (Å²) < 4.78 is 13.2. The number of hydrogen-bond donors (Lipinski definition) is 1. The molecule has 4 aromatic rings. The minimum atomic E-state index is -0.767. The van der Waals surface area contributed by atoms with Crippen LogP contribution in [0.1, 0.15) is 0 Å². The van der Waals surface area contributed by atoms with Crippen LogP contribution < -0.4 is 4.90 Å². The maximum atomic E-state index is 13.2. The van der Waals surface area contributed by atoms with Crippen LogP contribution >= 0.6 is 11.3 Å². The smallest absolute Gasteiger partial charge is 0.310 e. The van der Waals surface area contributed by atoms with Gasteiger partial charge in [0, 0.05) is 36.6 Å². The number of carbonyl (C=O) groups is 1. The Morgan fingerprint density at radius 1 is 0.968 bits per heavy atom. The van der Waals surface area contributed by atoms with Crippen LogP contribution in [0.4, 0.5) is 9.52 Å². The van der Waals surface area contributed by atoms with E-state index in [0.717, 1.165) is 38.0 Å². The molecule has 0 aliphatic carbocycles. The molecule has 5 nitrogen and oxygen atoms in total. The van der Waals surface area contributed by atoms with E-state index >= 15 is 0 Å². The van der Waals surface area contributed by atoms with E-state index in [2.05, 4.69) is 4.98 Å². The molecule has 0 amide bonds. The van der Waals surface area contributed by atoms with Gasteiger partial charge < -0.3 is 10.0 Å². The van der Waals surface area contributed by atoms with Crippen molar-refractivity contribution >= 4 is 22.4 Å². The lowest BCUT2D eigenvalue weighted by molar-refractivity contribution is -0.142. The van der Waals surface area contributed by atoms with Gasteiger partial charge in [0.2, 0.25) is 0 Å². The summed E-state index contributed by atoms with van der Waals surface area (Å²) in [6, 6.07) is 18.3. The molecule has 0 saturated carbocycles. The van der Waals surface area contributed by atoms with E-state index in [-0.39, 0.29) is 11.7 Å². The third-order valence-corrected chi connectivity index (χ3v) is 6.54. The number of anilines is 1. The summed E-state index contributed by atoms with van der Waals surface area (Å²) in [7, 11) is 0. The Kier molecular flexibility index (Phi) is 4.95. The standard InChI is InChI=1S/C24H18FN3O2S/c25-20-9-7-16(8-10-20)15-3-5-17(6-4-15)21-22(18-2-1-11-26-12-18)31-24(27-21)28-13-19(14-28)23(29)30/h1-12,19H,13-14H2,(H,29,30). The number of pyridine rings is 1. The van der Waals surface area contributed by atoms with Crippen LogP contribution in [0, 0.1) is 11.7 Å². The van der Waals surface area contributed by atoms with Crippen LogP contribution in [0.15, 0.2) is 73.1 Å². The molecule has 2 aromatic heterocycles. The van der Waals surface area contributed by atoms with Gasteiger partial charge >= 0.3 is 5.97 Å². The zero-order chi connectivity index (χ0) is 21.4. The number of halogens is 1. The Balaban J connectivity index is 1.50. The summed E-state index contributed by atoms with van der Waals surface area (Å²) in [5.41, 5.74) is 4.72. The van der Waals surface area contributed by atoms with E-state index in [9.17, 15) is 14.3 Å². The molecule has 3 heterocycles. The van der Waals surface area contributed by atoms with Gasteiger partial charge in [0.05, 0.1) is 16.5 Å². The normalized spacial score (nSPS) is 13.8. The molecule has 1 saturated heterocycles. The second-order valence-electron chi connectivity index (χ2n) is 7.44. The van der Waals surface area contributed by atoms with Crippen LogP contribution in [0.25, 0.3) is 32.8 Å². The molecule has 0 bridgehead atoms. The molecule has 31 heavy (non-hydrogen) atoms. The van der Waals surface area contributed by atoms with E-state index in [4.69, 9.17) is 4.98 Å². The summed E-state index contributed by atoms with van der Waals surface area (Å²) in [6.45, 7) is 0.941. The number of nitrogens with zero attached hydrogens (tertiary/aromatic N) is 3. The number of carboxylic acids is 1. The second kappa shape index (κ2) is 7.92. The molecule has 5 rings (SSSR count). The fourth-order valence-electron chi connectivity index (χ4n) is 3.59. The fraction of sp³-hybridized carbons (Fsp3) is 0.125. The number of benzene rings is 2. The second-order valence-corrected chi connectivity index (χ2v) is 8.42. The number of rotatable bonds is 5. The average Bonchev–Trinajstić information content (AvgIpc) is 3.19. The van der Waals surface area contributed by atoms with Crippen molar-refractivity contribution in [2.45, 2.75) is 0 Å². The minimum absolute atomic E-state index is 0.257. The highest BCUT2D eigenvalue weighted by molar-refractivity contribution is 7.19. The van der Waals surface area contributed by atoms with Crippen molar-refractivity contribution in [3.05, 3.63) is 78.9 Å². The molecular formula is C24H18FN3O2S. The largest absolute Gasteiger partial charge is 0.481 e. The lowest BCUT2D eigenvalue weighted by Crippen LogP contribution is -2.50. The Morgan fingerprint density at radius 2 is 1.61 bits per heavy atom. The topological polar surface area (TPSA) is 66.3 Å². The van der Waals surface area contributed by atoms with Crippen LogP contribution in [-0.2, 0) is 4.79 Å². The lowest BCUT2D eigenvalue weighted by atomic mass is 10.0. The third kappa shape index (κ3) is 3.80. The molecule has 7 heteroatoms. The van der Waals surface area contributed by atoms with Crippen molar-refractivity contribution in [3.8, 4) is 32.8 Å². The fourth-order valence-corrected chi connectivity index (χ4v) is 4.68. The van der Waals surface area contributed by atoms with E-state index in [1.807, 2.05) is 47.5 Å². The number of carboxylic acid groups (broad SMARTS) is 1. The molecule has 154 valence electrons. The first-order chi connectivity index (χ1) is 15.1. The van der Waals surface area contributed by atoms with Gasteiger partial charge in [-0.05, 0) is 29.3 Å². The predicted molar refractivity (Wildman–Crippen MR) is 120 cm³/mol. The van der Waals surface area contributed by atoms with Gasteiger partial charge in [0.15, 0.2) is 5.13 Å². The Morgan fingerprint density at radius 3 is 2.23 bits per heavy atom. The summed E-state index contributed by atoms with van der Waals surface area (Å²) in [5, 5.41) is 9.99. The third-order valence-electron chi connectivity index (χ3n) is 5.38. The molecule has 1 N–H and O–H groups in total. The van der Waals surface area contributed by atoms with E-state index < -0.39 is 5.97 Å². The first-order valence-electron chi connectivity index (χ1n) is 9.84. The van der Waals surface area contributed by atoms with E-state index in [0.29, 0.717) is 13.1 Å². The van der Waals surface area contributed by atoms with Crippen molar-refractivity contribution in [2.75, 3.05) is 18.0 Å². The highest BCUT2D eigenvalue weighted by atomic mass is 32.1. The molecule has 1 fully saturated rings.